The van der Waals surface area contributed by atoms with E-state index < -0.39 is 9.84 Å². The number of nitriles is 1. The van der Waals surface area contributed by atoms with Crippen LogP contribution in [0.25, 0.3) is 0 Å². The van der Waals surface area contributed by atoms with Crippen molar-refractivity contribution >= 4 is 27.1 Å². The molecule has 5 rings (SSSR count). The Morgan fingerprint density at radius 2 is 1.74 bits per heavy atom. The predicted octanol–water partition coefficient (Wildman–Crippen LogP) is 2.29. The summed E-state index contributed by atoms with van der Waals surface area (Å²) >= 11 is 0. The average Bonchev–Trinajstić information content (AvgIpc) is 2.99. The van der Waals surface area contributed by atoms with Crippen molar-refractivity contribution in [1.82, 2.24) is 4.90 Å². The average molecular weight is 445 g/mol. The van der Waals surface area contributed by atoms with Crippen LogP contribution in [0.3, 0.4) is 0 Å². The zero-order valence-electron chi connectivity index (χ0n) is 18.5. The Morgan fingerprint density at radius 1 is 1.10 bits per heavy atom. The normalized spacial score (nSPS) is 26.9. The van der Waals surface area contributed by atoms with Crippen molar-refractivity contribution in [2.24, 2.45) is 11.3 Å². The van der Waals surface area contributed by atoms with Gasteiger partial charge in [-0.3, -0.25) is 4.79 Å². The van der Waals surface area contributed by atoms with Gasteiger partial charge in [-0.15, -0.1) is 0 Å². The Kier molecular flexibility index (Phi) is 5.91. The van der Waals surface area contributed by atoms with Crippen LogP contribution in [-0.2, 0) is 14.6 Å². The van der Waals surface area contributed by atoms with Crippen molar-refractivity contribution in [2.45, 2.75) is 39.2 Å². The third-order valence-corrected chi connectivity index (χ3v) is 8.72. The number of benzene rings is 1. The summed E-state index contributed by atoms with van der Waals surface area (Å²) in [6.07, 6.45) is 1.67. The van der Waals surface area contributed by atoms with Crippen LogP contribution >= 0.6 is 0 Å². The number of rotatable bonds is 4. The summed E-state index contributed by atoms with van der Waals surface area (Å²) in [7, 11) is -2.89. The van der Waals surface area contributed by atoms with Crippen molar-refractivity contribution in [3.63, 3.8) is 0 Å². The summed E-state index contributed by atoms with van der Waals surface area (Å²) < 4.78 is 23.4. The molecular weight excluding hydrogens is 412 g/mol. The number of anilines is 2. The van der Waals surface area contributed by atoms with Crippen LogP contribution in [0.2, 0.25) is 0 Å². The highest BCUT2D eigenvalue weighted by atomic mass is 32.2. The molecule has 1 aromatic carbocycles. The molecule has 4 aliphatic rings. The first-order valence-corrected chi connectivity index (χ1v) is 13.0. The maximum Gasteiger partial charge on any atom is 0.223 e. The largest absolute Gasteiger partial charge is 0.369 e. The Bertz CT molecular complexity index is 954. The molecule has 168 valence electrons. The highest BCUT2D eigenvalue weighted by Crippen LogP contribution is 2.43. The van der Waals surface area contributed by atoms with Crippen molar-refractivity contribution in [3.05, 3.63) is 24.3 Å². The van der Waals surface area contributed by atoms with Gasteiger partial charge >= 0.3 is 0 Å². The summed E-state index contributed by atoms with van der Waals surface area (Å²) in [5.74, 6) is 0.932. The first-order chi connectivity index (χ1) is 14.7. The lowest BCUT2D eigenvalue weighted by atomic mass is 9.73. The van der Waals surface area contributed by atoms with Crippen LogP contribution in [-0.4, -0.2) is 69.5 Å². The highest BCUT2D eigenvalue weighted by Gasteiger charge is 2.46. The molecule has 1 unspecified atom stereocenters. The third-order valence-electron chi connectivity index (χ3n) is 7.11. The smallest absolute Gasteiger partial charge is 0.223 e. The van der Waals surface area contributed by atoms with Crippen LogP contribution in [0.5, 0.6) is 0 Å². The van der Waals surface area contributed by atoms with Gasteiger partial charge in [0.1, 0.15) is 0 Å². The number of nitrogens with zero attached hydrogens (tertiary/aromatic N) is 4. The van der Waals surface area contributed by atoms with Crippen molar-refractivity contribution in [3.8, 4) is 6.07 Å². The lowest BCUT2D eigenvalue weighted by Gasteiger charge is -2.48. The first-order valence-electron chi connectivity index (χ1n) is 11.2. The number of carbonyl (C=O) groups excluding carboxylic acids is 1. The second kappa shape index (κ2) is 8.34. The molecule has 8 heteroatoms. The highest BCUT2D eigenvalue weighted by molar-refractivity contribution is 7.91. The molecule has 0 aliphatic carbocycles. The second-order valence-electron chi connectivity index (χ2n) is 9.84. The van der Waals surface area contributed by atoms with Crippen molar-refractivity contribution < 1.29 is 13.2 Å². The maximum atomic E-state index is 12.7. The standard InChI is InChI=1S/C23H32N4O3S/c1-23(2)14-18-15-26(22(28)4-3-9-24)17-21(23)27(16-18)20-7-5-19(6-8-20)25-10-12-31(29,30)13-11-25/h5-8,18,21H,3-4,10-17H2,1-2H3/t18?,21-/m1/s1. The molecule has 7 nitrogen and oxygen atoms in total. The molecule has 0 saturated carbocycles. The predicted molar refractivity (Wildman–Crippen MR) is 122 cm³/mol. The van der Waals surface area contributed by atoms with E-state index in [0.29, 0.717) is 32.0 Å². The zero-order valence-corrected chi connectivity index (χ0v) is 19.3. The Labute approximate surface area is 185 Å². The molecule has 2 atom stereocenters. The lowest BCUT2D eigenvalue weighted by molar-refractivity contribution is -0.131. The molecular formula is C23H32N4O3S. The SMILES string of the molecule is CC1(C)CC2CN(C(=O)CCC#N)C[C@H]1N(c1ccc(N3CCS(=O)(=O)CC3)cc1)C2. The van der Waals surface area contributed by atoms with Gasteiger partial charge in [-0.05, 0) is 42.0 Å². The summed E-state index contributed by atoms with van der Waals surface area (Å²) in [5.41, 5.74) is 2.31. The van der Waals surface area contributed by atoms with Gasteiger partial charge in [-0.25, -0.2) is 8.42 Å². The van der Waals surface area contributed by atoms with Gasteiger partial charge in [0.15, 0.2) is 9.84 Å². The van der Waals surface area contributed by atoms with Gasteiger partial charge in [0.05, 0.1) is 23.6 Å². The molecule has 0 N–H and O–H groups in total. The molecule has 1 amide bonds. The van der Waals surface area contributed by atoms with Gasteiger partial charge in [-0.1, -0.05) is 13.8 Å². The summed E-state index contributed by atoms with van der Waals surface area (Å²) in [4.78, 5) is 19.2. The number of piperidine rings is 1. The first kappa shape index (κ1) is 21.9. The molecule has 4 saturated heterocycles. The fraction of sp³-hybridized carbons (Fsp3) is 0.652. The monoisotopic (exact) mass is 444 g/mol. The Morgan fingerprint density at radius 3 is 2.39 bits per heavy atom. The van der Waals surface area contributed by atoms with E-state index in [-0.39, 0.29) is 35.3 Å². The third kappa shape index (κ3) is 4.67. The number of amides is 1. The van der Waals surface area contributed by atoms with E-state index >= 15 is 0 Å². The quantitative estimate of drug-likeness (QED) is 0.708. The van der Waals surface area contributed by atoms with E-state index in [1.165, 1.54) is 0 Å². The van der Waals surface area contributed by atoms with E-state index in [4.69, 9.17) is 5.26 Å². The number of hydrogen-bond donors (Lipinski definition) is 0. The fourth-order valence-corrected chi connectivity index (χ4v) is 6.67. The van der Waals surface area contributed by atoms with E-state index in [9.17, 15) is 13.2 Å². The van der Waals surface area contributed by atoms with Gasteiger partial charge in [-0.2, -0.15) is 5.26 Å². The second-order valence-corrected chi connectivity index (χ2v) is 12.1. The fourth-order valence-electron chi connectivity index (χ4n) is 5.47. The van der Waals surface area contributed by atoms with Crippen LogP contribution in [0.15, 0.2) is 24.3 Å². The Balaban J connectivity index is 1.51. The van der Waals surface area contributed by atoms with Crippen LogP contribution in [0.4, 0.5) is 11.4 Å². The van der Waals surface area contributed by atoms with Crippen molar-refractivity contribution in [1.29, 1.82) is 5.26 Å². The topological polar surface area (TPSA) is 84.7 Å². The van der Waals surface area contributed by atoms with E-state index in [2.05, 4.69) is 54.0 Å². The lowest BCUT2D eigenvalue weighted by Crippen LogP contribution is -2.54. The van der Waals surface area contributed by atoms with Gasteiger partial charge in [0, 0.05) is 56.9 Å². The number of fused-ring (bicyclic) bond motifs is 4. The molecule has 1 aromatic rings. The number of carbonyl (C=O) groups is 1. The molecule has 0 spiro atoms. The molecule has 0 aromatic heterocycles. The van der Waals surface area contributed by atoms with Gasteiger partial charge in [0.2, 0.25) is 5.91 Å². The molecule has 31 heavy (non-hydrogen) atoms. The number of hydrogen-bond acceptors (Lipinski definition) is 6. The summed E-state index contributed by atoms with van der Waals surface area (Å²) in [6, 6.07) is 10.8. The molecule has 2 bridgehead atoms. The molecule has 4 heterocycles. The Hall–Kier alpha value is -2.27. The van der Waals surface area contributed by atoms with Crippen LogP contribution in [0.1, 0.15) is 33.1 Å². The van der Waals surface area contributed by atoms with Crippen LogP contribution in [0, 0.1) is 22.7 Å². The number of sulfone groups is 1. The zero-order chi connectivity index (χ0) is 22.2. The molecule has 0 radical (unpaired) electrons. The van der Waals surface area contributed by atoms with E-state index in [0.717, 1.165) is 30.9 Å². The molecule has 4 fully saturated rings. The maximum absolute atomic E-state index is 12.7. The van der Waals surface area contributed by atoms with E-state index in [1.54, 1.807) is 0 Å². The summed E-state index contributed by atoms with van der Waals surface area (Å²) in [6.45, 7) is 8.06. The van der Waals surface area contributed by atoms with E-state index in [1.807, 2.05) is 4.90 Å². The minimum Gasteiger partial charge on any atom is -0.369 e. The van der Waals surface area contributed by atoms with Crippen LogP contribution < -0.4 is 9.80 Å². The summed E-state index contributed by atoms with van der Waals surface area (Å²) in [5, 5.41) is 8.84. The minimum atomic E-state index is -2.89. The minimum absolute atomic E-state index is 0.0894. The van der Waals surface area contributed by atoms with Gasteiger partial charge in [0.25, 0.3) is 0 Å². The van der Waals surface area contributed by atoms with Gasteiger partial charge < -0.3 is 14.7 Å². The molecule has 4 aliphatic heterocycles. The van der Waals surface area contributed by atoms with Crippen molar-refractivity contribution in [2.75, 3.05) is 54.0 Å².